The zero-order chi connectivity index (χ0) is 18.8. The van der Waals surface area contributed by atoms with Crippen molar-refractivity contribution in [3.8, 4) is 0 Å². The first kappa shape index (κ1) is 18.4. The average molecular weight is 371 g/mol. The Balaban J connectivity index is 1.30. The number of rotatable bonds is 6. The van der Waals surface area contributed by atoms with E-state index in [2.05, 4.69) is 10.6 Å². The molecule has 4 rings (SSSR count). The minimum absolute atomic E-state index is 0.00123. The summed E-state index contributed by atoms with van der Waals surface area (Å²) in [5.41, 5.74) is 7.79. The number of carbonyl (C=O) groups excluding carboxylic acids is 2. The van der Waals surface area contributed by atoms with Crippen molar-refractivity contribution >= 4 is 11.8 Å². The highest BCUT2D eigenvalue weighted by molar-refractivity contribution is 5.94. The lowest BCUT2D eigenvalue weighted by molar-refractivity contribution is -0.127. The standard InChI is InChI=1S/C21H29N3O3/c22-19-15-7-6-14(10-15)18(19)21(26)23-11-13-3-1-4-16(9-13)20(25)24-12-17-5-2-8-27-17/h1,3-4,9,14-15,17-19H,2,5-8,10-12,22H2,(H,23,26)(H,24,25). The molecule has 2 aliphatic carbocycles. The van der Waals surface area contributed by atoms with Crippen molar-refractivity contribution in [3.63, 3.8) is 0 Å². The summed E-state index contributed by atoms with van der Waals surface area (Å²) in [6.07, 6.45) is 5.57. The van der Waals surface area contributed by atoms with Crippen LogP contribution < -0.4 is 16.4 Å². The van der Waals surface area contributed by atoms with E-state index in [4.69, 9.17) is 10.5 Å². The fourth-order valence-electron chi connectivity index (χ4n) is 4.97. The van der Waals surface area contributed by atoms with Gasteiger partial charge in [0.2, 0.25) is 5.91 Å². The average Bonchev–Trinajstić information content (AvgIpc) is 3.42. The van der Waals surface area contributed by atoms with Gasteiger partial charge in [0.1, 0.15) is 0 Å². The van der Waals surface area contributed by atoms with Crippen LogP contribution in [0.2, 0.25) is 0 Å². The molecule has 1 heterocycles. The van der Waals surface area contributed by atoms with Gasteiger partial charge in [-0.1, -0.05) is 12.1 Å². The van der Waals surface area contributed by atoms with Crippen molar-refractivity contribution in [2.45, 2.75) is 50.8 Å². The predicted molar refractivity (Wildman–Crippen MR) is 102 cm³/mol. The first-order valence-corrected chi connectivity index (χ1v) is 10.1. The summed E-state index contributed by atoms with van der Waals surface area (Å²) in [7, 11) is 0. The highest BCUT2D eigenvalue weighted by Gasteiger charge is 2.48. The number of hydrogen-bond acceptors (Lipinski definition) is 4. The maximum atomic E-state index is 12.6. The van der Waals surface area contributed by atoms with Crippen molar-refractivity contribution < 1.29 is 14.3 Å². The monoisotopic (exact) mass is 371 g/mol. The number of fused-ring (bicyclic) bond motifs is 2. The van der Waals surface area contributed by atoms with Crippen molar-refractivity contribution in [2.75, 3.05) is 13.2 Å². The highest BCUT2D eigenvalue weighted by Crippen LogP contribution is 2.47. The molecule has 0 aromatic heterocycles. The molecule has 1 saturated heterocycles. The Morgan fingerprint density at radius 1 is 1.15 bits per heavy atom. The summed E-state index contributed by atoms with van der Waals surface area (Å²) < 4.78 is 5.53. The zero-order valence-electron chi connectivity index (χ0n) is 15.7. The molecule has 2 amide bonds. The van der Waals surface area contributed by atoms with Gasteiger partial charge in [0, 0.05) is 31.3 Å². The number of benzene rings is 1. The predicted octanol–water partition coefficient (Wildman–Crippen LogP) is 1.58. The fourth-order valence-corrected chi connectivity index (χ4v) is 4.97. The van der Waals surface area contributed by atoms with Crippen LogP contribution in [-0.4, -0.2) is 37.1 Å². The van der Waals surface area contributed by atoms with Gasteiger partial charge in [-0.2, -0.15) is 0 Å². The molecule has 2 saturated carbocycles. The van der Waals surface area contributed by atoms with Gasteiger partial charge >= 0.3 is 0 Å². The van der Waals surface area contributed by atoms with Gasteiger partial charge in [0.05, 0.1) is 12.0 Å². The second-order valence-corrected chi connectivity index (χ2v) is 8.20. The third kappa shape index (κ3) is 4.01. The van der Waals surface area contributed by atoms with Gasteiger partial charge in [-0.25, -0.2) is 0 Å². The normalized spacial score (nSPS) is 31.8. The van der Waals surface area contributed by atoms with Crippen LogP contribution >= 0.6 is 0 Å². The van der Waals surface area contributed by atoms with Crippen LogP contribution in [0.1, 0.15) is 48.0 Å². The third-order valence-electron chi connectivity index (χ3n) is 6.45. The molecule has 0 radical (unpaired) electrons. The lowest BCUT2D eigenvalue weighted by atomic mass is 9.84. The number of nitrogens with two attached hydrogens (primary N) is 1. The van der Waals surface area contributed by atoms with Crippen molar-refractivity contribution in [3.05, 3.63) is 35.4 Å². The van der Waals surface area contributed by atoms with Crippen LogP contribution in [-0.2, 0) is 16.1 Å². The number of nitrogens with one attached hydrogen (secondary N) is 2. The van der Waals surface area contributed by atoms with Crippen molar-refractivity contribution in [2.24, 2.45) is 23.5 Å². The second kappa shape index (κ2) is 7.98. The number of carbonyl (C=O) groups is 2. The van der Waals surface area contributed by atoms with E-state index in [0.29, 0.717) is 30.5 Å². The molecule has 1 aromatic carbocycles. The smallest absolute Gasteiger partial charge is 0.251 e. The Morgan fingerprint density at radius 3 is 2.74 bits per heavy atom. The summed E-state index contributed by atoms with van der Waals surface area (Å²) in [6.45, 7) is 1.75. The SMILES string of the molecule is NC1C2CCC(C2)C1C(=O)NCc1cccc(C(=O)NCC2CCCO2)c1. The van der Waals surface area contributed by atoms with Crippen LogP contribution in [0.15, 0.2) is 24.3 Å². The molecule has 1 aromatic rings. The van der Waals surface area contributed by atoms with Gasteiger partial charge in [-0.15, -0.1) is 0 Å². The molecule has 0 spiro atoms. The Bertz CT molecular complexity index is 700. The van der Waals surface area contributed by atoms with Gasteiger partial charge in [0.15, 0.2) is 0 Å². The summed E-state index contributed by atoms with van der Waals surface area (Å²) >= 11 is 0. The minimum atomic E-state index is -0.103. The molecule has 146 valence electrons. The number of ether oxygens (including phenoxy) is 1. The Labute approximate surface area is 160 Å². The Morgan fingerprint density at radius 2 is 2.00 bits per heavy atom. The maximum Gasteiger partial charge on any atom is 0.251 e. The van der Waals surface area contributed by atoms with E-state index in [-0.39, 0.29) is 29.9 Å². The van der Waals surface area contributed by atoms with Crippen LogP contribution in [0.4, 0.5) is 0 Å². The van der Waals surface area contributed by atoms with Crippen LogP contribution in [0.3, 0.4) is 0 Å². The molecule has 6 heteroatoms. The zero-order valence-corrected chi connectivity index (χ0v) is 15.7. The van der Waals surface area contributed by atoms with E-state index in [1.807, 2.05) is 18.2 Å². The van der Waals surface area contributed by atoms with Crippen LogP contribution in [0.5, 0.6) is 0 Å². The molecule has 1 aliphatic heterocycles. The van der Waals surface area contributed by atoms with Crippen LogP contribution in [0.25, 0.3) is 0 Å². The molecule has 3 aliphatic rings. The van der Waals surface area contributed by atoms with E-state index in [1.54, 1.807) is 6.07 Å². The molecule has 2 bridgehead atoms. The van der Waals surface area contributed by atoms with E-state index < -0.39 is 0 Å². The van der Waals surface area contributed by atoms with Gasteiger partial charge in [-0.05, 0) is 61.6 Å². The molecule has 5 unspecified atom stereocenters. The van der Waals surface area contributed by atoms with Gasteiger partial charge in [-0.3, -0.25) is 9.59 Å². The topological polar surface area (TPSA) is 93.5 Å². The van der Waals surface area contributed by atoms with E-state index >= 15 is 0 Å². The maximum absolute atomic E-state index is 12.6. The molecule has 5 atom stereocenters. The van der Waals surface area contributed by atoms with Crippen LogP contribution in [0, 0.1) is 17.8 Å². The summed E-state index contributed by atoms with van der Waals surface area (Å²) in [6, 6.07) is 7.41. The summed E-state index contributed by atoms with van der Waals surface area (Å²) in [5.74, 6) is 0.861. The molecule has 27 heavy (non-hydrogen) atoms. The number of hydrogen-bond donors (Lipinski definition) is 3. The van der Waals surface area contributed by atoms with E-state index in [1.165, 1.54) is 6.42 Å². The highest BCUT2D eigenvalue weighted by atomic mass is 16.5. The largest absolute Gasteiger partial charge is 0.376 e. The fraction of sp³-hybridized carbons (Fsp3) is 0.619. The van der Waals surface area contributed by atoms with Gasteiger partial charge in [0.25, 0.3) is 5.91 Å². The second-order valence-electron chi connectivity index (χ2n) is 8.20. The molecular formula is C21H29N3O3. The minimum Gasteiger partial charge on any atom is -0.376 e. The first-order valence-electron chi connectivity index (χ1n) is 10.1. The summed E-state index contributed by atoms with van der Waals surface area (Å²) in [4.78, 5) is 25.0. The first-order chi connectivity index (χ1) is 13.1. The molecular weight excluding hydrogens is 342 g/mol. The Hall–Kier alpha value is -1.92. The number of amides is 2. The Kier molecular flexibility index (Phi) is 5.45. The van der Waals surface area contributed by atoms with Gasteiger partial charge < -0.3 is 21.1 Å². The summed E-state index contributed by atoms with van der Waals surface area (Å²) in [5, 5.41) is 5.96. The van der Waals surface area contributed by atoms with Crippen molar-refractivity contribution in [1.82, 2.24) is 10.6 Å². The third-order valence-corrected chi connectivity index (χ3v) is 6.45. The van der Waals surface area contributed by atoms with E-state index in [9.17, 15) is 9.59 Å². The van der Waals surface area contributed by atoms with E-state index in [0.717, 1.165) is 37.9 Å². The molecule has 3 fully saturated rings. The van der Waals surface area contributed by atoms with Crippen molar-refractivity contribution in [1.29, 1.82) is 0 Å². The molecule has 6 nitrogen and oxygen atoms in total. The lowest BCUT2D eigenvalue weighted by Crippen LogP contribution is -2.45. The molecule has 4 N–H and O–H groups in total. The quantitative estimate of drug-likeness (QED) is 0.708. The lowest BCUT2D eigenvalue weighted by Gasteiger charge is -2.27.